The number of hydrogen-bond donors (Lipinski definition) is 0. The largest absolute Gasteiger partial charge is 0.470 e. The van der Waals surface area contributed by atoms with E-state index in [4.69, 9.17) is 13.7 Å². The van der Waals surface area contributed by atoms with Crippen molar-refractivity contribution in [1.82, 2.24) is 10.1 Å². The number of Topliss-reactive ketones (excluding diaryl/α,β-unsaturated/α-hetero) is 1. The van der Waals surface area contributed by atoms with Crippen molar-refractivity contribution in [1.29, 1.82) is 0 Å². The van der Waals surface area contributed by atoms with Crippen molar-refractivity contribution in [3.8, 4) is 5.88 Å². The Morgan fingerprint density at radius 3 is 2.42 bits per heavy atom. The number of ketones is 2. The maximum absolute atomic E-state index is 14.5. The highest BCUT2D eigenvalue weighted by Crippen LogP contribution is 2.54. The van der Waals surface area contributed by atoms with Crippen molar-refractivity contribution < 1.29 is 23.3 Å². The van der Waals surface area contributed by atoms with Crippen molar-refractivity contribution in [3.05, 3.63) is 59.4 Å². The van der Waals surface area contributed by atoms with Crippen LogP contribution in [0.25, 0.3) is 0 Å². The van der Waals surface area contributed by atoms with E-state index in [9.17, 15) is 9.59 Å². The lowest BCUT2D eigenvalue weighted by Gasteiger charge is -2.52. The average molecular weight is 511 g/mol. The average Bonchev–Trinajstić information content (AvgIpc) is 3.25. The molecule has 3 atom stereocenters. The zero-order valence-electron chi connectivity index (χ0n) is 22.5. The Hall–Kier alpha value is -2.55. The second-order valence-corrected chi connectivity index (χ2v) is 15.9. The van der Waals surface area contributed by atoms with E-state index in [-0.39, 0.29) is 34.9 Å². The van der Waals surface area contributed by atoms with E-state index < -0.39 is 25.6 Å². The number of carbonyl (C=O) groups is 2. The van der Waals surface area contributed by atoms with Crippen LogP contribution in [0.2, 0.25) is 18.1 Å². The van der Waals surface area contributed by atoms with Crippen molar-refractivity contribution in [2.24, 2.45) is 5.92 Å². The number of allylic oxidation sites excluding steroid dienone is 1. The second kappa shape index (κ2) is 9.72. The number of benzene rings is 1. The van der Waals surface area contributed by atoms with Crippen LogP contribution in [0.5, 0.6) is 5.88 Å². The summed E-state index contributed by atoms with van der Waals surface area (Å²) >= 11 is 0. The molecule has 0 aliphatic heterocycles. The van der Waals surface area contributed by atoms with E-state index in [0.717, 1.165) is 18.7 Å². The fourth-order valence-electron chi connectivity index (χ4n) is 5.08. The van der Waals surface area contributed by atoms with Crippen LogP contribution >= 0.6 is 0 Å². The minimum atomic E-state index is -2.55. The molecule has 0 spiro atoms. The Kier molecular flexibility index (Phi) is 7.16. The Labute approximate surface area is 215 Å². The van der Waals surface area contributed by atoms with E-state index in [1.165, 1.54) is 6.08 Å². The molecule has 0 fully saturated rings. The highest BCUT2D eigenvalue weighted by atomic mass is 28.4. The van der Waals surface area contributed by atoms with Gasteiger partial charge in [0.05, 0.1) is 6.04 Å². The van der Waals surface area contributed by atoms with Crippen molar-refractivity contribution in [3.63, 3.8) is 0 Å². The first-order valence-electron chi connectivity index (χ1n) is 12.8. The smallest absolute Gasteiger partial charge is 0.265 e. The summed E-state index contributed by atoms with van der Waals surface area (Å²) in [4.78, 5) is 30.5. The number of carbonyl (C=O) groups excluding carboxylic acids is 2. The number of rotatable bonds is 8. The van der Waals surface area contributed by atoms with Gasteiger partial charge in [0.25, 0.3) is 5.88 Å². The van der Waals surface area contributed by atoms with E-state index in [0.29, 0.717) is 12.2 Å². The van der Waals surface area contributed by atoms with Crippen LogP contribution in [-0.2, 0) is 15.8 Å². The number of aromatic nitrogens is 1. The number of hydrogen-bond acceptors (Lipinski definition) is 7. The van der Waals surface area contributed by atoms with E-state index in [2.05, 4.69) is 57.8 Å². The van der Waals surface area contributed by atoms with Gasteiger partial charge < -0.3 is 13.7 Å². The van der Waals surface area contributed by atoms with Crippen LogP contribution in [0.1, 0.15) is 68.8 Å². The summed E-state index contributed by atoms with van der Waals surface area (Å²) in [5.41, 5.74) is -0.449. The Morgan fingerprint density at radius 1 is 1.14 bits per heavy atom. The fraction of sp³-hybridized carbons (Fsp3) is 0.536. The Bertz CT molecular complexity index is 1150. The first-order valence-corrected chi connectivity index (χ1v) is 15.7. The molecule has 7 nitrogen and oxygen atoms in total. The van der Waals surface area contributed by atoms with Crippen molar-refractivity contribution in [2.45, 2.75) is 77.4 Å². The maximum Gasteiger partial charge on any atom is 0.265 e. The van der Waals surface area contributed by atoms with E-state index in [1.807, 2.05) is 36.4 Å². The summed E-state index contributed by atoms with van der Waals surface area (Å²) in [5, 5.41) is 4.01. The molecule has 0 N–H and O–H groups in total. The third kappa shape index (κ3) is 4.29. The minimum Gasteiger partial charge on any atom is -0.470 e. The topological polar surface area (TPSA) is 81.9 Å². The van der Waals surface area contributed by atoms with Crippen LogP contribution in [0.3, 0.4) is 0 Å². The first kappa shape index (κ1) is 26.5. The minimum absolute atomic E-state index is 0.120. The highest BCUT2D eigenvalue weighted by molar-refractivity contribution is 6.74. The van der Waals surface area contributed by atoms with Gasteiger partial charge in [-0.1, -0.05) is 71.0 Å². The predicted molar refractivity (Wildman–Crippen MR) is 141 cm³/mol. The third-order valence-corrected chi connectivity index (χ3v) is 12.5. The summed E-state index contributed by atoms with van der Waals surface area (Å²) in [5.74, 6) is -0.524. The summed E-state index contributed by atoms with van der Waals surface area (Å²) in [6.45, 7) is 16.3. The van der Waals surface area contributed by atoms with Gasteiger partial charge in [-0.05, 0) is 54.4 Å². The number of fused-ring (bicyclic) bond motifs is 2. The third-order valence-electron chi connectivity index (χ3n) is 8.10. The van der Waals surface area contributed by atoms with Gasteiger partial charge in [-0.3, -0.25) is 14.5 Å². The second-order valence-electron chi connectivity index (χ2n) is 11.2. The molecule has 2 aromatic rings. The molecule has 0 saturated carbocycles. The fourth-order valence-corrected chi connectivity index (χ4v) is 6.54. The van der Waals surface area contributed by atoms with Gasteiger partial charge >= 0.3 is 0 Å². The lowest BCUT2D eigenvalue weighted by Crippen LogP contribution is -2.66. The first-order chi connectivity index (χ1) is 17.0. The monoisotopic (exact) mass is 510 g/mol. The molecule has 2 aliphatic carbocycles. The predicted octanol–water partition coefficient (Wildman–Crippen LogP) is 5.74. The van der Waals surface area contributed by atoms with Gasteiger partial charge in [0, 0.05) is 5.92 Å². The van der Waals surface area contributed by atoms with Gasteiger partial charge in [0.15, 0.2) is 25.5 Å². The zero-order chi connectivity index (χ0) is 26.3. The molecule has 1 aromatic heterocycles. The lowest BCUT2D eigenvalue weighted by atomic mass is 9.65. The van der Waals surface area contributed by atoms with Crippen LogP contribution < -0.4 is 4.74 Å². The highest BCUT2D eigenvalue weighted by Gasteiger charge is 2.65. The summed E-state index contributed by atoms with van der Waals surface area (Å²) in [6, 6.07) is 9.34. The molecule has 0 saturated heterocycles. The molecule has 194 valence electrons. The normalized spacial score (nSPS) is 24.1. The lowest BCUT2D eigenvalue weighted by molar-refractivity contribution is -0.135. The summed E-state index contributed by atoms with van der Waals surface area (Å²) in [7, 11) is -2.55. The van der Waals surface area contributed by atoms with Gasteiger partial charge in [-0.2, -0.15) is 0 Å². The van der Waals surface area contributed by atoms with Crippen LogP contribution in [0.4, 0.5) is 0 Å². The SMILES string of the molecule is CCN(CC)[C@@H]1c2onc(OCc3ccccc3)c2C(=O)C2(O[Si](C)(C)C(C)(C)C)C(=O)C=CCC12. The Morgan fingerprint density at radius 2 is 1.81 bits per heavy atom. The molecule has 0 radical (unpaired) electrons. The quantitative estimate of drug-likeness (QED) is 0.331. The van der Waals surface area contributed by atoms with Gasteiger partial charge in [-0.15, -0.1) is 0 Å². The standard InChI is InChI=1S/C28H38N2O5Si/c1-8-30(9-2)23-20-16-13-17-21(31)28(20,35-36(6,7)27(3,4)5)25(32)22-24(23)34-29-26(22)33-18-19-14-11-10-12-15-19/h10-15,17,20,23H,8-9,16,18H2,1-7H3/t20?,23-,28?/m0/s1. The van der Waals surface area contributed by atoms with E-state index in [1.54, 1.807) is 0 Å². The zero-order valence-corrected chi connectivity index (χ0v) is 23.5. The maximum atomic E-state index is 14.5. The molecule has 8 heteroatoms. The molecule has 36 heavy (non-hydrogen) atoms. The van der Waals surface area contributed by atoms with Crippen molar-refractivity contribution in [2.75, 3.05) is 13.1 Å². The number of ether oxygens (including phenoxy) is 1. The number of nitrogens with zero attached hydrogens (tertiary/aromatic N) is 2. The molecule has 0 amide bonds. The van der Waals surface area contributed by atoms with Crippen molar-refractivity contribution >= 4 is 19.9 Å². The molecular formula is C28H38N2O5Si. The van der Waals surface area contributed by atoms with Crippen LogP contribution in [0, 0.1) is 5.92 Å². The van der Waals surface area contributed by atoms with Crippen LogP contribution in [0.15, 0.2) is 47.0 Å². The molecule has 4 rings (SSSR count). The Balaban J connectivity index is 1.88. The molecular weight excluding hydrogens is 472 g/mol. The van der Waals surface area contributed by atoms with Gasteiger partial charge in [0.2, 0.25) is 5.78 Å². The van der Waals surface area contributed by atoms with E-state index >= 15 is 0 Å². The molecule has 1 aromatic carbocycles. The van der Waals surface area contributed by atoms with Crippen LogP contribution in [-0.4, -0.2) is 48.6 Å². The molecule has 2 aliphatic rings. The van der Waals surface area contributed by atoms with Gasteiger partial charge in [0.1, 0.15) is 12.2 Å². The molecule has 0 bridgehead atoms. The molecule has 2 unspecified atom stereocenters. The summed E-state index contributed by atoms with van der Waals surface area (Å²) in [6.07, 6.45) is 3.91. The summed E-state index contributed by atoms with van der Waals surface area (Å²) < 4.78 is 18.8. The van der Waals surface area contributed by atoms with Gasteiger partial charge in [-0.25, -0.2) is 0 Å². The molecule has 1 heterocycles.